The van der Waals surface area contributed by atoms with E-state index in [1.165, 1.54) is 13.3 Å². The predicted octanol–water partition coefficient (Wildman–Crippen LogP) is 5.32. The van der Waals surface area contributed by atoms with Crippen molar-refractivity contribution in [3.63, 3.8) is 0 Å². The van der Waals surface area contributed by atoms with Gasteiger partial charge in [0.1, 0.15) is 6.61 Å². The van der Waals surface area contributed by atoms with Crippen LogP contribution < -0.4 is 20.2 Å². The number of hydrogen-bond acceptors (Lipinski definition) is 5. The molecule has 0 fully saturated rings. The molecule has 0 aromatic heterocycles. The molecule has 0 saturated heterocycles. The molecule has 2 amide bonds. The standard InChI is InChI=1S/C23H18Cl3N3O4/c1-32-20-11-15(10-18(26)21(20)33-13-14-6-8-16(24)9-7-14)12-27-29-23(31)22(30)28-19-5-3-2-4-17(19)25/h2-12H,13H2,1H3,(H,28,30)(H,29,31)/b27-12-. The zero-order chi connectivity index (χ0) is 23.8. The number of benzene rings is 3. The van der Waals surface area contributed by atoms with Crippen LogP contribution in [0.1, 0.15) is 11.1 Å². The Hall–Kier alpha value is -3.26. The van der Waals surface area contributed by atoms with Crippen LogP contribution in [-0.4, -0.2) is 25.1 Å². The zero-order valence-corrected chi connectivity index (χ0v) is 19.5. The first-order valence-electron chi connectivity index (χ1n) is 9.51. The van der Waals surface area contributed by atoms with Gasteiger partial charge in [-0.15, -0.1) is 0 Å². The zero-order valence-electron chi connectivity index (χ0n) is 17.3. The van der Waals surface area contributed by atoms with Gasteiger partial charge < -0.3 is 14.8 Å². The van der Waals surface area contributed by atoms with Gasteiger partial charge in [-0.2, -0.15) is 5.10 Å². The highest BCUT2D eigenvalue weighted by atomic mass is 35.5. The van der Waals surface area contributed by atoms with Crippen molar-refractivity contribution < 1.29 is 19.1 Å². The van der Waals surface area contributed by atoms with E-state index in [1.54, 1.807) is 48.5 Å². The number of hydrazone groups is 1. The molecule has 0 saturated carbocycles. The third-order valence-electron chi connectivity index (χ3n) is 4.26. The second-order valence-electron chi connectivity index (χ2n) is 6.58. The van der Waals surface area contributed by atoms with Crippen LogP contribution >= 0.6 is 34.8 Å². The molecular weight excluding hydrogens is 489 g/mol. The largest absolute Gasteiger partial charge is 0.493 e. The molecule has 0 aliphatic rings. The summed E-state index contributed by atoms with van der Waals surface area (Å²) in [5, 5.41) is 7.41. The third kappa shape index (κ3) is 6.86. The average molecular weight is 507 g/mol. The maximum atomic E-state index is 12.0. The van der Waals surface area contributed by atoms with Gasteiger partial charge in [0.2, 0.25) is 0 Å². The maximum Gasteiger partial charge on any atom is 0.329 e. The number of carbonyl (C=O) groups is 2. The van der Waals surface area contributed by atoms with E-state index in [4.69, 9.17) is 44.3 Å². The summed E-state index contributed by atoms with van der Waals surface area (Å²) in [7, 11) is 1.47. The Bertz CT molecular complexity index is 1180. The highest BCUT2D eigenvalue weighted by molar-refractivity contribution is 6.41. The van der Waals surface area contributed by atoms with Crippen LogP contribution in [0.4, 0.5) is 5.69 Å². The number of nitrogens with one attached hydrogen (secondary N) is 2. The average Bonchev–Trinajstić information content (AvgIpc) is 2.80. The van der Waals surface area contributed by atoms with Gasteiger partial charge in [0, 0.05) is 5.02 Å². The Morgan fingerprint density at radius 2 is 1.70 bits per heavy atom. The van der Waals surface area contributed by atoms with E-state index >= 15 is 0 Å². The van der Waals surface area contributed by atoms with Gasteiger partial charge in [0.15, 0.2) is 11.5 Å². The summed E-state index contributed by atoms with van der Waals surface area (Å²) in [5.74, 6) is -1.15. The lowest BCUT2D eigenvalue weighted by molar-refractivity contribution is -0.136. The van der Waals surface area contributed by atoms with Crippen molar-refractivity contribution in [1.82, 2.24) is 5.43 Å². The monoisotopic (exact) mass is 505 g/mol. The number of carbonyl (C=O) groups excluding carboxylic acids is 2. The summed E-state index contributed by atoms with van der Waals surface area (Å²) in [6.45, 7) is 0.261. The second-order valence-corrected chi connectivity index (χ2v) is 7.83. The van der Waals surface area contributed by atoms with Crippen molar-refractivity contribution in [2.75, 3.05) is 12.4 Å². The summed E-state index contributed by atoms with van der Waals surface area (Å²) in [6, 6.07) is 17.0. The highest BCUT2D eigenvalue weighted by Crippen LogP contribution is 2.36. The van der Waals surface area contributed by atoms with Gasteiger partial charge >= 0.3 is 11.8 Å². The van der Waals surface area contributed by atoms with Gasteiger partial charge in [-0.25, -0.2) is 5.43 Å². The van der Waals surface area contributed by atoms with Crippen LogP contribution in [-0.2, 0) is 16.2 Å². The lowest BCUT2D eigenvalue weighted by Crippen LogP contribution is -2.32. The summed E-state index contributed by atoms with van der Waals surface area (Å²) < 4.78 is 11.2. The minimum absolute atomic E-state index is 0.261. The molecular formula is C23H18Cl3N3O4. The number of para-hydroxylation sites is 1. The van der Waals surface area contributed by atoms with Crippen molar-refractivity contribution in [2.24, 2.45) is 5.10 Å². The summed E-state index contributed by atoms with van der Waals surface area (Å²) in [6.07, 6.45) is 1.32. The molecule has 170 valence electrons. The van der Waals surface area contributed by atoms with Crippen LogP contribution in [0.15, 0.2) is 65.8 Å². The van der Waals surface area contributed by atoms with Crippen LogP contribution in [0.2, 0.25) is 15.1 Å². The molecule has 10 heteroatoms. The third-order valence-corrected chi connectivity index (χ3v) is 5.12. The van der Waals surface area contributed by atoms with E-state index in [1.807, 2.05) is 12.1 Å². The van der Waals surface area contributed by atoms with Crippen molar-refractivity contribution >= 4 is 58.5 Å². The molecule has 7 nitrogen and oxygen atoms in total. The molecule has 0 atom stereocenters. The first-order valence-corrected chi connectivity index (χ1v) is 10.6. The fraction of sp³-hybridized carbons (Fsp3) is 0.0870. The predicted molar refractivity (Wildman–Crippen MR) is 130 cm³/mol. The van der Waals surface area contributed by atoms with Crippen LogP contribution in [0, 0.1) is 0 Å². The minimum Gasteiger partial charge on any atom is -0.493 e. The smallest absolute Gasteiger partial charge is 0.329 e. The quantitative estimate of drug-likeness (QED) is 0.258. The van der Waals surface area contributed by atoms with Crippen molar-refractivity contribution in [2.45, 2.75) is 6.61 Å². The van der Waals surface area contributed by atoms with Gasteiger partial charge in [-0.05, 0) is 47.5 Å². The Kier molecular flexibility index (Phi) is 8.54. The Labute approximate surface area is 205 Å². The van der Waals surface area contributed by atoms with Crippen molar-refractivity contribution in [3.8, 4) is 11.5 Å². The second kappa shape index (κ2) is 11.6. The van der Waals surface area contributed by atoms with Crippen molar-refractivity contribution in [3.05, 3.63) is 86.9 Å². The molecule has 3 aromatic carbocycles. The molecule has 0 heterocycles. The highest BCUT2D eigenvalue weighted by Gasteiger charge is 2.15. The SMILES string of the molecule is COc1cc(/C=N\NC(=O)C(=O)Nc2ccccc2Cl)cc(Cl)c1OCc1ccc(Cl)cc1. The molecule has 0 aliphatic carbocycles. The maximum absolute atomic E-state index is 12.0. The number of methoxy groups -OCH3 is 1. The molecule has 0 radical (unpaired) electrons. The van der Waals surface area contributed by atoms with Gasteiger partial charge in [-0.3, -0.25) is 9.59 Å². The normalized spacial score (nSPS) is 10.7. The van der Waals surface area contributed by atoms with Gasteiger partial charge in [0.25, 0.3) is 0 Å². The van der Waals surface area contributed by atoms with Gasteiger partial charge in [-0.1, -0.05) is 59.1 Å². The number of nitrogens with zero attached hydrogens (tertiary/aromatic N) is 1. The molecule has 0 spiro atoms. The number of hydrogen-bond donors (Lipinski definition) is 2. The lowest BCUT2D eigenvalue weighted by atomic mass is 10.2. The van der Waals surface area contributed by atoms with Gasteiger partial charge in [0.05, 0.1) is 29.1 Å². The Morgan fingerprint density at radius 3 is 2.39 bits per heavy atom. The minimum atomic E-state index is -0.966. The molecule has 2 N–H and O–H groups in total. The van der Waals surface area contributed by atoms with E-state index in [2.05, 4.69) is 15.8 Å². The summed E-state index contributed by atoms with van der Waals surface area (Å²) in [5.41, 5.74) is 3.88. The number of halogens is 3. The Balaban J connectivity index is 1.62. The van der Waals surface area contributed by atoms with E-state index < -0.39 is 11.8 Å². The van der Waals surface area contributed by atoms with Crippen LogP contribution in [0.3, 0.4) is 0 Å². The molecule has 0 unspecified atom stereocenters. The topological polar surface area (TPSA) is 89.0 Å². The number of anilines is 1. The van der Waals surface area contributed by atoms with E-state index in [0.717, 1.165) is 5.56 Å². The number of rotatable bonds is 7. The molecule has 3 aromatic rings. The fourth-order valence-electron chi connectivity index (χ4n) is 2.65. The van der Waals surface area contributed by atoms with E-state index in [-0.39, 0.29) is 11.6 Å². The number of ether oxygens (including phenoxy) is 2. The lowest BCUT2D eigenvalue weighted by Gasteiger charge is -2.13. The number of amides is 2. The summed E-state index contributed by atoms with van der Waals surface area (Å²) >= 11 is 18.2. The van der Waals surface area contributed by atoms with Crippen molar-refractivity contribution in [1.29, 1.82) is 0 Å². The molecule has 33 heavy (non-hydrogen) atoms. The molecule has 0 bridgehead atoms. The molecule has 0 aliphatic heterocycles. The van der Waals surface area contributed by atoms with Crippen LogP contribution in [0.25, 0.3) is 0 Å². The summed E-state index contributed by atoms with van der Waals surface area (Å²) in [4.78, 5) is 24.0. The first-order chi connectivity index (χ1) is 15.9. The molecule has 3 rings (SSSR count). The Morgan fingerprint density at radius 1 is 0.970 bits per heavy atom. The first kappa shape index (κ1) is 24.4. The van der Waals surface area contributed by atoms with Crippen LogP contribution in [0.5, 0.6) is 11.5 Å². The van der Waals surface area contributed by atoms with E-state index in [0.29, 0.717) is 32.8 Å². The fourth-order valence-corrected chi connectivity index (χ4v) is 3.23. The van der Waals surface area contributed by atoms with E-state index in [9.17, 15) is 9.59 Å².